The second kappa shape index (κ2) is 2.29. The minimum Gasteiger partial charge on any atom is -0.357 e. The summed E-state index contributed by atoms with van der Waals surface area (Å²) in [5.74, 6) is 2.03. The van der Waals surface area contributed by atoms with E-state index in [1.807, 2.05) is 0 Å². The van der Waals surface area contributed by atoms with Crippen LogP contribution in [-0.2, 0) is 0 Å². The molecule has 4 aliphatic carbocycles. The Morgan fingerprint density at radius 2 is 1.69 bits per heavy atom. The second-order valence-electron chi connectivity index (χ2n) is 6.21. The molecule has 13 heavy (non-hydrogen) atoms. The second-order valence-corrected chi connectivity index (χ2v) is 6.21. The first-order valence-corrected chi connectivity index (χ1v) is 5.78. The van der Waals surface area contributed by atoms with E-state index in [0.717, 1.165) is 18.4 Å². The van der Waals surface area contributed by atoms with Gasteiger partial charge >= 0.3 is 0 Å². The summed E-state index contributed by atoms with van der Waals surface area (Å²) >= 11 is 0. The molecule has 0 heterocycles. The van der Waals surface area contributed by atoms with Gasteiger partial charge in [0.2, 0.25) is 0 Å². The van der Waals surface area contributed by atoms with Crippen molar-refractivity contribution in [3.05, 3.63) is 0 Å². The van der Waals surface area contributed by atoms with Gasteiger partial charge in [-0.3, -0.25) is 0 Å². The Balaban J connectivity index is 1.95. The van der Waals surface area contributed by atoms with E-state index < -0.39 is 0 Å². The van der Waals surface area contributed by atoms with Crippen LogP contribution in [0.15, 0.2) is 0 Å². The van der Waals surface area contributed by atoms with Crippen molar-refractivity contribution in [3.63, 3.8) is 0 Å². The number of hydrogen-bond donors (Lipinski definition) is 2. The minimum atomic E-state index is 0.474. The predicted molar refractivity (Wildman–Crippen MR) is 50.5 cm³/mol. The van der Waals surface area contributed by atoms with Gasteiger partial charge in [0.25, 0.3) is 0 Å². The predicted octanol–water partition coefficient (Wildman–Crippen LogP) is -0.191. The van der Waals surface area contributed by atoms with Gasteiger partial charge in [-0.05, 0) is 31.1 Å². The van der Waals surface area contributed by atoms with Crippen LogP contribution in [0.25, 0.3) is 0 Å². The molecule has 0 spiro atoms. The molecule has 2 nitrogen and oxygen atoms in total. The molecule has 0 aromatic rings. The summed E-state index contributed by atoms with van der Waals surface area (Å²) in [6, 6.07) is 0. The Labute approximate surface area is 80.1 Å². The third kappa shape index (κ3) is 1.08. The molecule has 6 N–H and O–H groups in total. The normalized spacial score (nSPS) is 58.6. The number of rotatable bonds is 1. The molecule has 4 fully saturated rings. The fourth-order valence-electron chi connectivity index (χ4n) is 4.94. The molecule has 74 valence electrons. The quantitative estimate of drug-likeness (QED) is 0.565. The van der Waals surface area contributed by atoms with Crippen LogP contribution in [0.1, 0.15) is 38.5 Å². The first-order chi connectivity index (χ1) is 6.13. The summed E-state index contributed by atoms with van der Waals surface area (Å²) in [7, 11) is 0. The summed E-state index contributed by atoms with van der Waals surface area (Å²) < 4.78 is 0. The molecule has 4 atom stereocenters. The van der Waals surface area contributed by atoms with E-state index in [1.54, 1.807) is 0 Å². The van der Waals surface area contributed by atoms with Crippen LogP contribution in [0.5, 0.6) is 0 Å². The highest BCUT2D eigenvalue weighted by atomic mass is 14.8. The third-order valence-electron chi connectivity index (χ3n) is 4.83. The number of quaternary nitrogens is 2. The lowest BCUT2D eigenvalue weighted by Crippen LogP contribution is -2.81. The molecule has 2 heteroatoms. The molecule has 4 bridgehead atoms. The van der Waals surface area contributed by atoms with E-state index in [-0.39, 0.29) is 0 Å². The topological polar surface area (TPSA) is 55.3 Å². The Morgan fingerprint density at radius 1 is 1.08 bits per heavy atom. The van der Waals surface area contributed by atoms with E-state index in [9.17, 15) is 0 Å². The van der Waals surface area contributed by atoms with E-state index in [1.165, 1.54) is 38.5 Å². The highest BCUT2D eigenvalue weighted by Crippen LogP contribution is 2.59. The summed E-state index contributed by atoms with van der Waals surface area (Å²) in [5, 5.41) is 0. The van der Waals surface area contributed by atoms with Gasteiger partial charge in [0.1, 0.15) is 0 Å². The standard InChI is InChI=1S/C11H20N2/c12-7-10-2-8-1-9(3-10)5-11(13,4-8)6-10/h8-9H,1-7,12-13H2/p+2/t8-,9+,10?,11?. The summed E-state index contributed by atoms with van der Waals surface area (Å²) in [4.78, 5) is 0. The monoisotopic (exact) mass is 182 g/mol. The molecule has 0 aromatic carbocycles. The van der Waals surface area contributed by atoms with Gasteiger partial charge in [0, 0.05) is 24.7 Å². The fraction of sp³-hybridized carbons (Fsp3) is 1.00. The van der Waals surface area contributed by atoms with Gasteiger partial charge in [-0.1, -0.05) is 0 Å². The maximum atomic E-state index is 4.50. The first-order valence-electron chi connectivity index (χ1n) is 5.78. The van der Waals surface area contributed by atoms with Crippen LogP contribution in [-0.4, -0.2) is 12.1 Å². The van der Waals surface area contributed by atoms with E-state index in [2.05, 4.69) is 11.5 Å². The summed E-state index contributed by atoms with van der Waals surface area (Å²) in [6.07, 6.45) is 8.70. The summed E-state index contributed by atoms with van der Waals surface area (Å²) in [5.41, 5.74) is 9.78. The molecule has 0 saturated heterocycles. The zero-order valence-corrected chi connectivity index (χ0v) is 8.52. The maximum absolute atomic E-state index is 4.50. The van der Waals surface area contributed by atoms with Gasteiger partial charge in [0.05, 0.1) is 12.1 Å². The van der Waals surface area contributed by atoms with Crippen LogP contribution in [0.3, 0.4) is 0 Å². The van der Waals surface area contributed by atoms with E-state index >= 15 is 0 Å². The average Bonchev–Trinajstić information content (AvgIpc) is 1.99. The molecule has 2 unspecified atom stereocenters. The van der Waals surface area contributed by atoms with Crippen molar-refractivity contribution in [1.82, 2.24) is 0 Å². The van der Waals surface area contributed by atoms with Crippen molar-refractivity contribution in [2.45, 2.75) is 44.1 Å². The first kappa shape index (κ1) is 8.25. The average molecular weight is 182 g/mol. The third-order valence-corrected chi connectivity index (χ3v) is 4.83. The molecule has 0 aromatic heterocycles. The molecule has 4 rings (SSSR count). The molecule has 4 saturated carbocycles. The van der Waals surface area contributed by atoms with Gasteiger partial charge < -0.3 is 11.5 Å². The van der Waals surface area contributed by atoms with Crippen molar-refractivity contribution < 1.29 is 11.5 Å². The lowest BCUT2D eigenvalue weighted by atomic mass is 9.47. The smallest absolute Gasteiger partial charge is 0.0958 e. The molecule has 0 amide bonds. The van der Waals surface area contributed by atoms with Crippen molar-refractivity contribution >= 4 is 0 Å². The molecular weight excluding hydrogens is 160 g/mol. The van der Waals surface area contributed by atoms with Crippen molar-refractivity contribution in [2.75, 3.05) is 6.54 Å². The Hall–Kier alpha value is -0.0800. The molecular formula is C11H22N2+2. The van der Waals surface area contributed by atoms with Gasteiger partial charge in [-0.25, -0.2) is 0 Å². The van der Waals surface area contributed by atoms with Crippen molar-refractivity contribution in [3.8, 4) is 0 Å². The lowest BCUT2D eigenvalue weighted by Gasteiger charge is -2.57. The minimum absolute atomic E-state index is 0.474. The van der Waals surface area contributed by atoms with E-state index in [0.29, 0.717) is 11.0 Å². The van der Waals surface area contributed by atoms with Gasteiger partial charge in [-0.15, -0.1) is 0 Å². The molecule has 4 aliphatic rings. The van der Waals surface area contributed by atoms with Crippen LogP contribution in [0.2, 0.25) is 0 Å². The zero-order valence-electron chi connectivity index (χ0n) is 8.52. The SMILES string of the molecule is [NH3+]CC12C[C@@H]3C[C@@H](CC([NH3+])(C3)C1)C2. The van der Waals surface area contributed by atoms with Crippen molar-refractivity contribution in [2.24, 2.45) is 17.3 Å². The molecule has 0 radical (unpaired) electrons. The van der Waals surface area contributed by atoms with Crippen LogP contribution in [0.4, 0.5) is 0 Å². The molecule has 0 aliphatic heterocycles. The number of hydrogen-bond acceptors (Lipinski definition) is 0. The van der Waals surface area contributed by atoms with Gasteiger partial charge in [0.15, 0.2) is 0 Å². The van der Waals surface area contributed by atoms with Crippen LogP contribution in [0, 0.1) is 17.3 Å². The highest BCUT2D eigenvalue weighted by Gasteiger charge is 2.58. The van der Waals surface area contributed by atoms with Crippen molar-refractivity contribution in [1.29, 1.82) is 0 Å². The van der Waals surface area contributed by atoms with Crippen LogP contribution >= 0.6 is 0 Å². The van der Waals surface area contributed by atoms with Gasteiger partial charge in [-0.2, -0.15) is 0 Å². The zero-order chi connectivity index (χ0) is 9.10. The Kier molecular flexibility index (Phi) is 1.45. The fourth-order valence-corrected chi connectivity index (χ4v) is 4.94. The maximum Gasteiger partial charge on any atom is 0.0958 e. The Morgan fingerprint density at radius 3 is 2.15 bits per heavy atom. The summed E-state index contributed by atoms with van der Waals surface area (Å²) in [6.45, 7) is 1.16. The van der Waals surface area contributed by atoms with Crippen LogP contribution < -0.4 is 11.5 Å². The Bertz CT molecular complexity index is 222. The van der Waals surface area contributed by atoms with E-state index in [4.69, 9.17) is 0 Å². The highest BCUT2D eigenvalue weighted by molar-refractivity contribution is 5.07. The lowest BCUT2D eigenvalue weighted by molar-refractivity contribution is -0.519. The largest absolute Gasteiger partial charge is 0.357 e.